The first kappa shape index (κ1) is 19.6. The van der Waals surface area contributed by atoms with E-state index in [9.17, 15) is 14.4 Å². The molecule has 2 aromatic carbocycles. The lowest BCUT2D eigenvalue weighted by atomic mass is 10.1. The molecule has 1 fully saturated rings. The molecule has 0 spiro atoms. The molecule has 2 heterocycles. The number of imide groups is 1. The lowest BCUT2D eigenvalue weighted by Crippen LogP contribution is -2.43. The average molecular weight is 407 g/mol. The van der Waals surface area contributed by atoms with Gasteiger partial charge in [-0.3, -0.25) is 19.4 Å². The second-order valence-corrected chi connectivity index (χ2v) is 7.00. The number of carbonyl (C=O) groups is 3. The summed E-state index contributed by atoms with van der Waals surface area (Å²) in [5, 5.41) is 11.8. The molecule has 9 nitrogen and oxygen atoms in total. The lowest BCUT2D eigenvalue weighted by molar-refractivity contribution is -0.123. The summed E-state index contributed by atoms with van der Waals surface area (Å²) in [5.41, 5.74) is 2.18. The zero-order valence-electron chi connectivity index (χ0n) is 16.6. The Morgan fingerprint density at radius 2 is 1.77 bits per heavy atom. The van der Waals surface area contributed by atoms with Crippen molar-refractivity contribution in [3.8, 4) is 5.75 Å². The van der Waals surface area contributed by atoms with Gasteiger partial charge in [0.2, 0.25) is 5.91 Å². The third kappa shape index (κ3) is 3.49. The van der Waals surface area contributed by atoms with Crippen molar-refractivity contribution in [2.45, 2.75) is 25.4 Å². The van der Waals surface area contributed by atoms with Gasteiger partial charge >= 0.3 is 0 Å². The predicted molar refractivity (Wildman–Crippen MR) is 109 cm³/mol. The molecule has 0 saturated carbocycles. The van der Waals surface area contributed by atoms with Crippen LogP contribution in [-0.4, -0.2) is 48.5 Å². The van der Waals surface area contributed by atoms with Crippen molar-refractivity contribution in [1.82, 2.24) is 5.01 Å². The molecule has 30 heavy (non-hydrogen) atoms. The monoisotopic (exact) mass is 407 g/mol. The molecule has 2 aliphatic heterocycles. The van der Waals surface area contributed by atoms with Crippen LogP contribution in [0.1, 0.15) is 12.5 Å². The minimum absolute atomic E-state index is 0.196. The maximum Gasteiger partial charge on any atom is 0.263 e. The van der Waals surface area contributed by atoms with Gasteiger partial charge in [-0.15, -0.1) is 0 Å². The van der Waals surface area contributed by atoms with Crippen molar-refractivity contribution >= 4 is 29.1 Å². The van der Waals surface area contributed by atoms with Crippen LogP contribution in [0, 0.1) is 0 Å². The van der Waals surface area contributed by atoms with Crippen molar-refractivity contribution < 1.29 is 19.1 Å². The molecule has 1 saturated heterocycles. The Bertz CT molecular complexity index is 1000. The Morgan fingerprint density at radius 3 is 2.40 bits per heavy atom. The van der Waals surface area contributed by atoms with Gasteiger partial charge in [0, 0.05) is 5.69 Å². The molecule has 1 N–H and O–H groups in total. The van der Waals surface area contributed by atoms with E-state index in [4.69, 9.17) is 4.74 Å². The molecule has 0 aliphatic carbocycles. The minimum atomic E-state index is -0.933. The number of ether oxygens (including phenoxy) is 1. The van der Waals surface area contributed by atoms with E-state index in [2.05, 4.69) is 15.7 Å². The van der Waals surface area contributed by atoms with Crippen LogP contribution in [0.15, 0.2) is 58.9 Å². The third-order valence-corrected chi connectivity index (χ3v) is 5.14. The summed E-state index contributed by atoms with van der Waals surface area (Å²) in [6.07, 6.45) is 0.860. The molecule has 2 aliphatic rings. The molecule has 0 unspecified atom stereocenters. The molecule has 0 bridgehead atoms. The van der Waals surface area contributed by atoms with Gasteiger partial charge in [0.05, 0.1) is 12.8 Å². The van der Waals surface area contributed by atoms with E-state index in [0.29, 0.717) is 17.1 Å². The summed E-state index contributed by atoms with van der Waals surface area (Å²) in [7, 11) is 1.56. The van der Waals surface area contributed by atoms with Gasteiger partial charge in [-0.1, -0.05) is 24.3 Å². The number of nitrogens with zero attached hydrogens (tertiary/aromatic N) is 4. The number of amides is 3. The highest BCUT2D eigenvalue weighted by atomic mass is 16.5. The molecular weight excluding hydrogens is 386 g/mol. The van der Waals surface area contributed by atoms with Crippen molar-refractivity contribution in [2.24, 2.45) is 10.3 Å². The Hall–Kier alpha value is -3.75. The maximum absolute atomic E-state index is 13.0. The van der Waals surface area contributed by atoms with Gasteiger partial charge in [0.15, 0.2) is 12.1 Å². The first-order valence-corrected chi connectivity index (χ1v) is 9.60. The Kier molecular flexibility index (Phi) is 5.18. The van der Waals surface area contributed by atoms with Gasteiger partial charge in [-0.25, -0.2) is 4.90 Å². The second-order valence-electron chi connectivity index (χ2n) is 7.00. The SMILES string of the molecule is CCc1ccc(N2C(=O)[C@H]3N=NN(CC(=O)Nc4ccc(OC)cc4)[C@H]3C2=O)cc1. The normalized spacial score (nSPS) is 19.9. The number of hydrogen-bond donors (Lipinski definition) is 1. The van der Waals surface area contributed by atoms with Crippen LogP contribution in [0.2, 0.25) is 0 Å². The largest absolute Gasteiger partial charge is 0.497 e. The quantitative estimate of drug-likeness (QED) is 0.740. The van der Waals surface area contributed by atoms with Gasteiger partial charge < -0.3 is 10.1 Å². The molecule has 2 aromatic rings. The Balaban J connectivity index is 1.45. The van der Waals surface area contributed by atoms with E-state index < -0.39 is 23.9 Å². The molecule has 3 amide bonds. The van der Waals surface area contributed by atoms with Gasteiger partial charge in [0.25, 0.3) is 11.8 Å². The Morgan fingerprint density at radius 1 is 1.07 bits per heavy atom. The third-order valence-electron chi connectivity index (χ3n) is 5.14. The van der Waals surface area contributed by atoms with E-state index in [1.54, 1.807) is 43.5 Å². The average Bonchev–Trinajstić information content (AvgIpc) is 3.28. The van der Waals surface area contributed by atoms with Crippen LogP contribution in [-0.2, 0) is 20.8 Å². The molecule has 9 heteroatoms. The molecule has 4 rings (SSSR count). The highest BCUT2D eigenvalue weighted by molar-refractivity contribution is 6.25. The van der Waals surface area contributed by atoms with E-state index >= 15 is 0 Å². The number of nitrogens with one attached hydrogen (secondary N) is 1. The number of benzene rings is 2. The first-order chi connectivity index (χ1) is 14.5. The van der Waals surface area contributed by atoms with E-state index in [0.717, 1.165) is 16.9 Å². The highest BCUT2D eigenvalue weighted by Crippen LogP contribution is 2.32. The number of carbonyl (C=O) groups excluding carboxylic acids is 3. The molecular formula is C21H21N5O4. The summed E-state index contributed by atoms with van der Waals surface area (Å²) in [4.78, 5) is 39.3. The second kappa shape index (κ2) is 7.94. The zero-order chi connectivity index (χ0) is 21.3. The van der Waals surface area contributed by atoms with E-state index in [1.165, 1.54) is 5.01 Å². The summed E-state index contributed by atoms with van der Waals surface area (Å²) in [5.74, 6) is -0.565. The molecule has 0 aromatic heterocycles. The van der Waals surface area contributed by atoms with Crippen LogP contribution in [0.4, 0.5) is 11.4 Å². The van der Waals surface area contributed by atoms with Crippen LogP contribution in [0.5, 0.6) is 5.75 Å². The molecule has 154 valence electrons. The van der Waals surface area contributed by atoms with Gasteiger partial charge in [-0.05, 0) is 48.4 Å². The molecule has 2 atom stereocenters. The number of fused-ring (bicyclic) bond motifs is 1. The molecule has 0 radical (unpaired) electrons. The Labute approximate surface area is 173 Å². The fourth-order valence-corrected chi connectivity index (χ4v) is 3.51. The number of hydrogen-bond acceptors (Lipinski definition) is 7. The number of anilines is 2. The zero-order valence-corrected chi connectivity index (χ0v) is 16.6. The predicted octanol–water partition coefficient (Wildman–Crippen LogP) is 2.19. The smallest absolute Gasteiger partial charge is 0.263 e. The van der Waals surface area contributed by atoms with Crippen LogP contribution in [0.25, 0.3) is 0 Å². The lowest BCUT2D eigenvalue weighted by Gasteiger charge is -2.20. The van der Waals surface area contributed by atoms with Crippen LogP contribution >= 0.6 is 0 Å². The van der Waals surface area contributed by atoms with Crippen LogP contribution < -0.4 is 15.0 Å². The fraction of sp³-hybridized carbons (Fsp3) is 0.286. The number of aryl methyl sites for hydroxylation is 1. The van der Waals surface area contributed by atoms with Crippen molar-refractivity contribution in [1.29, 1.82) is 0 Å². The standard InChI is InChI=1S/C21H21N5O4/c1-3-13-4-8-15(9-5-13)26-20(28)18-19(21(26)29)25(24-23-18)12-17(27)22-14-6-10-16(30-2)11-7-14/h4-11,18-19H,3,12H2,1-2H3,(H,22,27)/t18-,19+/m0/s1. The van der Waals surface area contributed by atoms with Crippen molar-refractivity contribution in [3.05, 3.63) is 54.1 Å². The summed E-state index contributed by atoms with van der Waals surface area (Å²) >= 11 is 0. The highest BCUT2D eigenvalue weighted by Gasteiger charge is 2.55. The summed E-state index contributed by atoms with van der Waals surface area (Å²) in [6.45, 7) is 1.83. The topological polar surface area (TPSA) is 104 Å². The maximum atomic E-state index is 13.0. The number of rotatable bonds is 6. The van der Waals surface area contributed by atoms with Crippen LogP contribution in [0.3, 0.4) is 0 Å². The first-order valence-electron chi connectivity index (χ1n) is 9.60. The summed E-state index contributed by atoms with van der Waals surface area (Å²) < 4.78 is 5.09. The van der Waals surface area contributed by atoms with E-state index in [-0.39, 0.29) is 12.5 Å². The van der Waals surface area contributed by atoms with Gasteiger partial charge in [0.1, 0.15) is 12.3 Å². The van der Waals surface area contributed by atoms with E-state index in [1.807, 2.05) is 19.1 Å². The fourth-order valence-electron chi connectivity index (χ4n) is 3.51. The van der Waals surface area contributed by atoms with Crippen molar-refractivity contribution in [2.75, 3.05) is 23.9 Å². The number of methoxy groups -OCH3 is 1. The minimum Gasteiger partial charge on any atom is -0.497 e. The van der Waals surface area contributed by atoms with Crippen molar-refractivity contribution in [3.63, 3.8) is 0 Å². The van der Waals surface area contributed by atoms with Gasteiger partial charge in [-0.2, -0.15) is 5.11 Å². The summed E-state index contributed by atoms with van der Waals surface area (Å²) in [6, 6.07) is 12.3.